The van der Waals surface area contributed by atoms with E-state index in [0.29, 0.717) is 25.2 Å². The predicted octanol–water partition coefficient (Wildman–Crippen LogP) is 3.04. The van der Waals surface area contributed by atoms with Crippen molar-refractivity contribution in [2.24, 2.45) is 10.7 Å². The Labute approximate surface area is 139 Å². The number of nitrogens with zero attached hydrogens (tertiary/aromatic N) is 1. The van der Waals surface area contributed by atoms with Gasteiger partial charge in [-0.05, 0) is 31.4 Å². The largest absolute Gasteiger partial charge is 0.377 e. The summed E-state index contributed by atoms with van der Waals surface area (Å²) in [5.41, 5.74) is 8.14. The van der Waals surface area contributed by atoms with Crippen LogP contribution >= 0.6 is 24.0 Å². The van der Waals surface area contributed by atoms with Gasteiger partial charge in [0.05, 0.1) is 13.2 Å². The Hall–Kier alpha value is -0.820. The van der Waals surface area contributed by atoms with Gasteiger partial charge in [0.15, 0.2) is 5.96 Å². The summed E-state index contributed by atoms with van der Waals surface area (Å²) in [6.45, 7) is 8.20. The highest BCUT2D eigenvalue weighted by Gasteiger charge is 1.99. The zero-order valence-corrected chi connectivity index (χ0v) is 14.9. The number of aliphatic imine (C=N–C) groups is 1. The average Bonchev–Trinajstić information content (AvgIpc) is 2.43. The van der Waals surface area contributed by atoms with E-state index in [0.717, 1.165) is 18.6 Å². The van der Waals surface area contributed by atoms with Crippen LogP contribution in [0.3, 0.4) is 0 Å². The molecule has 5 heteroatoms. The van der Waals surface area contributed by atoms with Gasteiger partial charge < -0.3 is 15.8 Å². The van der Waals surface area contributed by atoms with Gasteiger partial charge in [-0.3, -0.25) is 0 Å². The normalized spacial score (nSPS) is 12.7. The maximum absolute atomic E-state index is 5.81. The van der Waals surface area contributed by atoms with E-state index in [1.165, 1.54) is 5.56 Å². The number of rotatable bonds is 7. The second-order valence-corrected chi connectivity index (χ2v) is 4.61. The Morgan fingerprint density at radius 1 is 1.25 bits per heavy atom. The van der Waals surface area contributed by atoms with Crippen molar-refractivity contribution in [2.75, 3.05) is 6.61 Å². The van der Waals surface area contributed by atoms with E-state index in [1.807, 2.05) is 6.92 Å². The number of nitrogens with one attached hydrogen (secondary N) is 1. The van der Waals surface area contributed by atoms with E-state index in [-0.39, 0.29) is 24.0 Å². The van der Waals surface area contributed by atoms with E-state index in [9.17, 15) is 0 Å². The fourth-order valence-corrected chi connectivity index (χ4v) is 1.54. The van der Waals surface area contributed by atoms with Gasteiger partial charge in [0.25, 0.3) is 0 Å². The second kappa shape index (κ2) is 10.9. The van der Waals surface area contributed by atoms with Gasteiger partial charge in [0, 0.05) is 12.6 Å². The van der Waals surface area contributed by atoms with Crippen LogP contribution in [-0.4, -0.2) is 18.6 Å². The minimum Gasteiger partial charge on any atom is -0.377 e. The lowest BCUT2D eigenvalue weighted by Gasteiger charge is -2.11. The molecule has 0 bridgehead atoms. The standard InChI is InChI=1S/C15H25N3O.HI/c1-4-12(3)18-15(16)17-10-13-6-8-14(9-7-13)11-19-5-2;/h6-9,12H,4-5,10-11H2,1-3H3,(H3,16,17,18);1H. The van der Waals surface area contributed by atoms with Crippen LogP contribution in [0.15, 0.2) is 29.3 Å². The molecule has 4 nitrogen and oxygen atoms in total. The number of hydrogen-bond donors (Lipinski definition) is 2. The Bertz CT molecular complexity index is 393. The minimum absolute atomic E-state index is 0. The van der Waals surface area contributed by atoms with Crippen molar-refractivity contribution in [2.45, 2.75) is 46.4 Å². The summed E-state index contributed by atoms with van der Waals surface area (Å²) < 4.78 is 5.36. The first-order chi connectivity index (χ1) is 9.15. The second-order valence-electron chi connectivity index (χ2n) is 4.61. The Morgan fingerprint density at radius 3 is 2.40 bits per heavy atom. The summed E-state index contributed by atoms with van der Waals surface area (Å²) >= 11 is 0. The van der Waals surface area contributed by atoms with E-state index in [4.69, 9.17) is 10.5 Å². The highest BCUT2D eigenvalue weighted by atomic mass is 127. The smallest absolute Gasteiger partial charge is 0.189 e. The quantitative estimate of drug-likeness (QED) is 0.427. The van der Waals surface area contributed by atoms with Gasteiger partial charge in [-0.15, -0.1) is 24.0 Å². The molecule has 20 heavy (non-hydrogen) atoms. The highest BCUT2D eigenvalue weighted by Crippen LogP contribution is 2.06. The van der Waals surface area contributed by atoms with Crippen LogP contribution in [0.2, 0.25) is 0 Å². The molecule has 0 heterocycles. The molecule has 114 valence electrons. The van der Waals surface area contributed by atoms with Crippen LogP contribution in [0.25, 0.3) is 0 Å². The predicted molar refractivity (Wildman–Crippen MR) is 95.4 cm³/mol. The molecular formula is C15H26IN3O. The van der Waals surface area contributed by atoms with Gasteiger partial charge in [-0.25, -0.2) is 4.99 Å². The van der Waals surface area contributed by atoms with Gasteiger partial charge in [0.2, 0.25) is 0 Å². The van der Waals surface area contributed by atoms with Gasteiger partial charge in [-0.1, -0.05) is 31.2 Å². The number of benzene rings is 1. The molecule has 0 aromatic heterocycles. The van der Waals surface area contributed by atoms with Crippen molar-refractivity contribution >= 4 is 29.9 Å². The lowest BCUT2D eigenvalue weighted by molar-refractivity contribution is 0.134. The molecule has 1 unspecified atom stereocenters. The zero-order valence-electron chi connectivity index (χ0n) is 12.6. The number of nitrogens with two attached hydrogens (primary N) is 1. The van der Waals surface area contributed by atoms with E-state index in [1.54, 1.807) is 0 Å². The summed E-state index contributed by atoms with van der Waals surface area (Å²) in [6, 6.07) is 8.62. The molecule has 1 aromatic carbocycles. The monoisotopic (exact) mass is 391 g/mol. The number of guanidine groups is 1. The molecule has 1 atom stereocenters. The van der Waals surface area contributed by atoms with Crippen LogP contribution < -0.4 is 11.1 Å². The molecule has 0 aliphatic heterocycles. The lowest BCUT2D eigenvalue weighted by atomic mass is 10.1. The summed E-state index contributed by atoms with van der Waals surface area (Å²) in [4.78, 5) is 4.33. The molecule has 0 saturated carbocycles. The summed E-state index contributed by atoms with van der Waals surface area (Å²) in [6.07, 6.45) is 1.03. The minimum atomic E-state index is 0. The number of halogens is 1. The molecule has 1 aromatic rings. The SMILES string of the molecule is CCOCc1ccc(CN=C(N)NC(C)CC)cc1.I. The molecule has 0 spiro atoms. The van der Waals surface area contributed by atoms with Gasteiger partial charge >= 0.3 is 0 Å². The van der Waals surface area contributed by atoms with Crippen molar-refractivity contribution < 1.29 is 4.74 Å². The zero-order chi connectivity index (χ0) is 14.1. The van der Waals surface area contributed by atoms with Crippen molar-refractivity contribution in [3.63, 3.8) is 0 Å². The van der Waals surface area contributed by atoms with Crippen LogP contribution in [0.5, 0.6) is 0 Å². The maximum atomic E-state index is 5.81. The Kier molecular flexibility index (Phi) is 10.5. The van der Waals surface area contributed by atoms with Crippen LogP contribution in [0.1, 0.15) is 38.3 Å². The first-order valence-corrected chi connectivity index (χ1v) is 6.87. The highest BCUT2D eigenvalue weighted by molar-refractivity contribution is 14.0. The van der Waals surface area contributed by atoms with Crippen LogP contribution in [0.4, 0.5) is 0 Å². The molecular weight excluding hydrogens is 365 g/mol. The molecule has 3 N–H and O–H groups in total. The van der Waals surface area contributed by atoms with E-state index < -0.39 is 0 Å². The first-order valence-electron chi connectivity index (χ1n) is 6.87. The van der Waals surface area contributed by atoms with Crippen molar-refractivity contribution in [1.82, 2.24) is 5.32 Å². The average molecular weight is 391 g/mol. The number of ether oxygens (including phenoxy) is 1. The Morgan fingerprint density at radius 2 is 1.85 bits per heavy atom. The van der Waals surface area contributed by atoms with Crippen molar-refractivity contribution in [3.8, 4) is 0 Å². The molecule has 0 aliphatic carbocycles. The van der Waals surface area contributed by atoms with E-state index in [2.05, 4.69) is 48.4 Å². The van der Waals surface area contributed by atoms with Crippen molar-refractivity contribution in [1.29, 1.82) is 0 Å². The summed E-state index contributed by atoms with van der Waals surface area (Å²) in [7, 11) is 0. The molecule has 0 saturated heterocycles. The number of hydrogen-bond acceptors (Lipinski definition) is 2. The van der Waals surface area contributed by atoms with E-state index >= 15 is 0 Å². The summed E-state index contributed by atoms with van der Waals surface area (Å²) in [5, 5.41) is 3.15. The van der Waals surface area contributed by atoms with Gasteiger partial charge in [0.1, 0.15) is 0 Å². The first kappa shape index (κ1) is 19.2. The summed E-state index contributed by atoms with van der Waals surface area (Å²) in [5.74, 6) is 0.507. The molecule has 0 aliphatic rings. The lowest BCUT2D eigenvalue weighted by Crippen LogP contribution is -2.38. The fourth-order valence-electron chi connectivity index (χ4n) is 1.54. The van der Waals surface area contributed by atoms with Crippen molar-refractivity contribution in [3.05, 3.63) is 35.4 Å². The molecule has 0 amide bonds. The molecule has 1 rings (SSSR count). The third-order valence-corrected chi connectivity index (χ3v) is 2.93. The third kappa shape index (κ3) is 7.69. The fraction of sp³-hybridized carbons (Fsp3) is 0.533. The van der Waals surface area contributed by atoms with Crippen LogP contribution in [0, 0.1) is 0 Å². The van der Waals surface area contributed by atoms with Crippen LogP contribution in [-0.2, 0) is 17.9 Å². The van der Waals surface area contributed by atoms with Gasteiger partial charge in [-0.2, -0.15) is 0 Å². The topological polar surface area (TPSA) is 59.6 Å². The maximum Gasteiger partial charge on any atom is 0.189 e. The molecule has 0 radical (unpaired) electrons. The third-order valence-electron chi connectivity index (χ3n) is 2.93. The Balaban J connectivity index is 0.00000361. The molecule has 0 fully saturated rings.